The molecule has 1 aromatic heterocycles. The number of carbonyl (C=O) groups is 1. The van der Waals surface area contributed by atoms with Gasteiger partial charge in [-0.1, -0.05) is 18.2 Å². The Labute approximate surface area is 178 Å². The lowest BCUT2D eigenvalue weighted by Gasteiger charge is -2.13. The molecule has 9 heteroatoms. The Balaban J connectivity index is 1.44. The fraction of sp³-hybridized carbons (Fsp3) is 0.190. The van der Waals surface area contributed by atoms with E-state index in [1.165, 1.54) is 12.1 Å². The second-order valence-corrected chi connectivity index (χ2v) is 9.50. The molecular weight excluding hydrogens is 424 g/mol. The van der Waals surface area contributed by atoms with Crippen LogP contribution in [-0.4, -0.2) is 21.1 Å². The van der Waals surface area contributed by atoms with E-state index in [2.05, 4.69) is 10.0 Å². The van der Waals surface area contributed by atoms with Crippen LogP contribution in [-0.2, 0) is 16.6 Å². The Morgan fingerprint density at radius 2 is 1.93 bits per heavy atom. The standard InChI is InChI=1S/C21H20N2O5S2/c1-14(20-6-3-9-29-20)23-21(24)16-4-2-5-17(11-16)30(25,26)22-12-15-7-8-18-19(10-15)28-13-27-18/h2-11,14,22H,12-13H2,1H3,(H,23,24)/t14-/m0/s1. The van der Waals surface area contributed by atoms with Gasteiger partial charge >= 0.3 is 0 Å². The van der Waals surface area contributed by atoms with Crippen LogP contribution in [0.3, 0.4) is 0 Å². The summed E-state index contributed by atoms with van der Waals surface area (Å²) in [5.74, 6) is 0.894. The molecule has 0 fully saturated rings. The number of thiophene rings is 1. The van der Waals surface area contributed by atoms with Gasteiger partial charge < -0.3 is 14.8 Å². The van der Waals surface area contributed by atoms with Crippen molar-refractivity contribution in [2.75, 3.05) is 6.79 Å². The molecular formula is C21H20N2O5S2. The Bertz CT molecular complexity index is 1160. The number of amides is 1. The van der Waals surface area contributed by atoms with Gasteiger partial charge in [-0.15, -0.1) is 11.3 Å². The minimum Gasteiger partial charge on any atom is -0.454 e. The summed E-state index contributed by atoms with van der Waals surface area (Å²) in [6.45, 7) is 2.13. The molecule has 1 aliphatic rings. The Morgan fingerprint density at radius 1 is 1.10 bits per heavy atom. The Kier molecular flexibility index (Phi) is 5.76. The first kappa shape index (κ1) is 20.4. The van der Waals surface area contributed by atoms with Gasteiger partial charge in [0.05, 0.1) is 10.9 Å². The number of carbonyl (C=O) groups excluding carboxylic acids is 1. The van der Waals surface area contributed by atoms with Gasteiger partial charge in [-0.25, -0.2) is 13.1 Å². The van der Waals surface area contributed by atoms with Gasteiger partial charge in [-0.05, 0) is 54.3 Å². The van der Waals surface area contributed by atoms with E-state index in [0.29, 0.717) is 11.5 Å². The van der Waals surface area contributed by atoms with E-state index in [-0.39, 0.29) is 35.7 Å². The van der Waals surface area contributed by atoms with Crippen molar-refractivity contribution in [3.63, 3.8) is 0 Å². The van der Waals surface area contributed by atoms with E-state index >= 15 is 0 Å². The summed E-state index contributed by atoms with van der Waals surface area (Å²) < 4.78 is 38.6. The fourth-order valence-electron chi connectivity index (χ4n) is 3.01. The molecule has 0 saturated carbocycles. The van der Waals surface area contributed by atoms with E-state index in [1.54, 1.807) is 41.7 Å². The molecule has 0 saturated heterocycles. The van der Waals surface area contributed by atoms with Gasteiger partial charge in [0.15, 0.2) is 11.5 Å². The molecule has 7 nitrogen and oxygen atoms in total. The second-order valence-electron chi connectivity index (χ2n) is 6.75. The molecule has 1 amide bonds. The molecule has 0 bridgehead atoms. The van der Waals surface area contributed by atoms with Crippen molar-refractivity contribution in [3.05, 3.63) is 76.0 Å². The highest BCUT2D eigenvalue weighted by atomic mass is 32.2. The van der Waals surface area contributed by atoms with Gasteiger partial charge in [-0.3, -0.25) is 4.79 Å². The van der Waals surface area contributed by atoms with Crippen molar-refractivity contribution >= 4 is 27.3 Å². The summed E-state index contributed by atoms with van der Waals surface area (Å²) in [7, 11) is -3.80. The maximum absolute atomic E-state index is 12.7. The summed E-state index contributed by atoms with van der Waals surface area (Å²) in [5, 5.41) is 4.83. The first-order valence-corrected chi connectivity index (χ1v) is 11.6. The molecule has 30 heavy (non-hydrogen) atoms. The molecule has 0 radical (unpaired) electrons. The SMILES string of the molecule is C[C@H](NC(=O)c1cccc(S(=O)(=O)NCc2ccc3c(c2)OCO3)c1)c1cccs1. The van der Waals surface area contributed by atoms with Gasteiger partial charge in [-0.2, -0.15) is 0 Å². The number of ether oxygens (including phenoxy) is 2. The average molecular weight is 445 g/mol. The van der Waals surface area contributed by atoms with Gasteiger partial charge in [0, 0.05) is 17.0 Å². The number of benzene rings is 2. The van der Waals surface area contributed by atoms with Crippen molar-refractivity contribution in [1.29, 1.82) is 0 Å². The summed E-state index contributed by atoms with van der Waals surface area (Å²) in [6, 6.07) is 14.9. The number of fused-ring (bicyclic) bond motifs is 1. The topological polar surface area (TPSA) is 93.7 Å². The Morgan fingerprint density at radius 3 is 2.73 bits per heavy atom. The highest BCUT2D eigenvalue weighted by Crippen LogP contribution is 2.32. The molecule has 1 aliphatic heterocycles. The average Bonchev–Trinajstić information content (AvgIpc) is 3.44. The maximum atomic E-state index is 12.7. The maximum Gasteiger partial charge on any atom is 0.251 e. The van der Waals surface area contributed by atoms with Crippen molar-refractivity contribution in [1.82, 2.24) is 10.0 Å². The van der Waals surface area contributed by atoms with Crippen LogP contribution in [0.1, 0.15) is 33.8 Å². The molecule has 2 heterocycles. The molecule has 0 spiro atoms. The summed E-state index contributed by atoms with van der Waals surface area (Å²) >= 11 is 1.55. The van der Waals surface area contributed by atoms with Crippen molar-refractivity contribution in [3.8, 4) is 11.5 Å². The van der Waals surface area contributed by atoms with Crippen LogP contribution in [0, 0.1) is 0 Å². The minimum absolute atomic E-state index is 0.0275. The highest BCUT2D eigenvalue weighted by molar-refractivity contribution is 7.89. The number of sulfonamides is 1. The molecule has 0 aliphatic carbocycles. The predicted octanol–water partition coefficient (Wildman–Crippen LogP) is 3.45. The monoisotopic (exact) mass is 444 g/mol. The van der Waals surface area contributed by atoms with Crippen molar-refractivity contribution < 1.29 is 22.7 Å². The van der Waals surface area contributed by atoms with Crippen LogP contribution in [0.5, 0.6) is 11.5 Å². The first-order valence-electron chi connectivity index (χ1n) is 9.25. The summed E-state index contributed by atoms with van der Waals surface area (Å²) in [6.07, 6.45) is 0. The number of hydrogen-bond acceptors (Lipinski definition) is 6. The van der Waals surface area contributed by atoms with Crippen LogP contribution in [0.25, 0.3) is 0 Å². The van der Waals surface area contributed by atoms with E-state index in [1.807, 2.05) is 24.4 Å². The normalized spacial score (nSPS) is 13.8. The lowest BCUT2D eigenvalue weighted by Crippen LogP contribution is -2.27. The van der Waals surface area contributed by atoms with Crippen LogP contribution in [0.4, 0.5) is 0 Å². The largest absolute Gasteiger partial charge is 0.454 e. The molecule has 4 rings (SSSR count). The minimum atomic E-state index is -3.80. The number of rotatable bonds is 7. The van der Waals surface area contributed by atoms with E-state index in [4.69, 9.17) is 9.47 Å². The third kappa shape index (κ3) is 4.48. The molecule has 2 aromatic carbocycles. The van der Waals surface area contributed by atoms with E-state index in [0.717, 1.165) is 10.4 Å². The van der Waals surface area contributed by atoms with E-state index in [9.17, 15) is 13.2 Å². The number of nitrogens with one attached hydrogen (secondary N) is 2. The molecule has 3 aromatic rings. The predicted molar refractivity (Wildman–Crippen MR) is 113 cm³/mol. The number of hydrogen-bond donors (Lipinski definition) is 2. The third-order valence-electron chi connectivity index (χ3n) is 4.63. The molecule has 2 N–H and O–H groups in total. The molecule has 1 atom stereocenters. The summed E-state index contributed by atoms with van der Waals surface area (Å²) in [5.41, 5.74) is 1.02. The lowest BCUT2D eigenvalue weighted by molar-refractivity contribution is 0.0940. The lowest BCUT2D eigenvalue weighted by atomic mass is 10.2. The highest BCUT2D eigenvalue weighted by Gasteiger charge is 2.19. The second kappa shape index (κ2) is 8.47. The van der Waals surface area contributed by atoms with Crippen LogP contribution < -0.4 is 19.5 Å². The van der Waals surface area contributed by atoms with Crippen LogP contribution in [0.2, 0.25) is 0 Å². The first-order chi connectivity index (χ1) is 14.4. The van der Waals surface area contributed by atoms with Crippen molar-refractivity contribution in [2.24, 2.45) is 0 Å². The quantitative estimate of drug-likeness (QED) is 0.582. The molecule has 156 valence electrons. The Hall–Kier alpha value is -2.88. The zero-order valence-corrected chi connectivity index (χ0v) is 17.8. The van der Waals surface area contributed by atoms with Crippen molar-refractivity contribution in [2.45, 2.75) is 24.4 Å². The summed E-state index contributed by atoms with van der Waals surface area (Å²) in [4.78, 5) is 13.6. The zero-order valence-electron chi connectivity index (χ0n) is 16.1. The van der Waals surface area contributed by atoms with Gasteiger partial charge in [0.2, 0.25) is 16.8 Å². The molecule has 0 unspecified atom stereocenters. The smallest absolute Gasteiger partial charge is 0.251 e. The third-order valence-corrected chi connectivity index (χ3v) is 7.08. The fourth-order valence-corrected chi connectivity index (χ4v) is 4.80. The van der Waals surface area contributed by atoms with Crippen LogP contribution in [0.15, 0.2) is 64.9 Å². The van der Waals surface area contributed by atoms with Gasteiger partial charge in [0.25, 0.3) is 5.91 Å². The van der Waals surface area contributed by atoms with Crippen LogP contribution >= 0.6 is 11.3 Å². The zero-order chi connectivity index (χ0) is 21.1. The van der Waals surface area contributed by atoms with Gasteiger partial charge in [0.1, 0.15) is 0 Å². The van der Waals surface area contributed by atoms with E-state index < -0.39 is 10.0 Å².